The van der Waals surface area contributed by atoms with Crippen LogP contribution in [-0.4, -0.2) is 10.1 Å². The van der Waals surface area contributed by atoms with Crippen LogP contribution in [0.5, 0.6) is 0 Å². The molecule has 0 saturated carbocycles. The number of hydrogen-bond donors (Lipinski definition) is 0. The Balaban J connectivity index is 1.87. The molecule has 4 heteroatoms. The summed E-state index contributed by atoms with van der Waals surface area (Å²) in [5, 5.41) is 4.00. The van der Waals surface area contributed by atoms with Crippen LogP contribution in [0.15, 0.2) is 28.8 Å². The Morgan fingerprint density at radius 2 is 1.71 bits per heavy atom. The van der Waals surface area contributed by atoms with Crippen molar-refractivity contribution in [2.45, 2.75) is 40.0 Å². The van der Waals surface area contributed by atoms with Gasteiger partial charge in [-0.3, -0.25) is 0 Å². The smallest absolute Gasteiger partial charge is 0.223 e. The maximum atomic E-state index is 14.0. The maximum absolute atomic E-state index is 14.0. The van der Waals surface area contributed by atoms with Crippen molar-refractivity contribution in [3.63, 3.8) is 0 Å². The SMILES string of the molecule is Cc1nc(-c2cc(C)c(-c3ccc(F)c4c3CCC4)c(C)c2)no1. The van der Waals surface area contributed by atoms with Gasteiger partial charge >= 0.3 is 0 Å². The first-order valence-corrected chi connectivity index (χ1v) is 8.27. The minimum Gasteiger partial charge on any atom is -0.339 e. The molecular formula is C20H19FN2O. The molecule has 0 N–H and O–H groups in total. The number of hydrogen-bond acceptors (Lipinski definition) is 3. The Kier molecular flexibility index (Phi) is 3.48. The van der Waals surface area contributed by atoms with E-state index in [0.717, 1.165) is 47.1 Å². The van der Waals surface area contributed by atoms with E-state index in [1.807, 2.05) is 6.07 Å². The predicted octanol–water partition coefficient (Wildman–Crippen LogP) is 4.96. The van der Waals surface area contributed by atoms with Crippen LogP contribution < -0.4 is 0 Å². The van der Waals surface area contributed by atoms with Gasteiger partial charge in [-0.2, -0.15) is 4.98 Å². The monoisotopic (exact) mass is 322 g/mol. The minimum absolute atomic E-state index is 0.0690. The molecule has 1 aromatic heterocycles. The lowest BCUT2D eigenvalue weighted by atomic mass is 9.89. The highest BCUT2D eigenvalue weighted by molar-refractivity contribution is 5.78. The molecule has 0 fully saturated rings. The molecule has 0 amide bonds. The lowest BCUT2D eigenvalue weighted by molar-refractivity contribution is 0.394. The average molecular weight is 322 g/mol. The fourth-order valence-corrected chi connectivity index (χ4v) is 3.83. The van der Waals surface area contributed by atoms with E-state index in [9.17, 15) is 4.39 Å². The summed E-state index contributed by atoms with van der Waals surface area (Å²) in [7, 11) is 0. The second kappa shape index (κ2) is 5.55. The molecule has 2 aromatic carbocycles. The van der Waals surface area contributed by atoms with E-state index >= 15 is 0 Å². The highest BCUT2D eigenvalue weighted by Gasteiger charge is 2.21. The molecule has 0 atom stereocenters. The molecule has 0 unspecified atom stereocenters. The molecule has 24 heavy (non-hydrogen) atoms. The minimum atomic E-state index is -0.0690. The summed E-state index contributed by atoms with van der Waals surface area (Å²) in [6, 6.07) is 7.69. The highest BCUT2D eigenvalue weighted by Crippen LogP contribution is 2.38. The summed E-state index contributed by atoms with van der Waals surface area (Å²) >= 11 is 0. The molecule has 1 heterocycles. The molecule has 3 nitrogen and oxygen atoms in total. The van der Waals surface area contributed by atoms with Crippen LogP contribution in [0, 0.1) is 26.6 Å². The van der Waals surface area contributed by atoms with Crippen molar-refractivity contribution in [2.24, 2.45) is 0 Å². The molecule has 0 aliphatic heterocycles. The van der Waals surface area contributed by atoms with Crippen molar-refractivity contribution in [1.82, 2.24) is 10.1 Å². The van der Waals surface area contributed by atoms with Crippen LogP contribution in [0.4, 0.5) is 4.39 Å². The third-order valence-corrected chi connectivity index (χ3v) is 4.82. The molecule has 0 bridgehead atoms. The normalized spacial score (nSPS) is 13.3. The largest absolute Gasteiger partial charge is 0.339 e. The van der Waals surface area contributed by atoms with Gasteiger partial charge in [0.25, 0.3) is 0 Å². The molecule has 4 rings (SSSR count). The number of nitrogens with zero attached hydrogens (tertiary/aromatic N) is 2. The van der Waals surface area contributed by atoms with Crippen LogP contribution in [0.25, 0.3) is 22.5 Å². The molecule has 3 aromatic rings. The van der Waals surface area contributed by atoms with E-state index in [1.54, 1.807) is 13.0 Å². The summed E-state index contributed by atoms with van der Waals surface area (Å²) < 4.78 is 19.1. The van der Waals surface area contributed by atoms with Crippen LogP contribution in [0.2, 0.25) is 0 Å². The van der Waals surface area contributed by atoms with Gasteiger partial charge in [-0.25, -0.2) is 4.39 Å². The molecule has 1 aliphatic rings. The Hall–Kier alpha value is -2.49. The summed E-state index contributed by atoms with van der Waals surface area (Å²) in [4.78, 5) is 4.31. The first kappa shape index (κ1) is 15.1. The Morgan fingerprint density at radius 1 is 1.00 bits per heavy atom. The van der Waals surface area contributed by atoms with Crippen molar-refractivity contribution >= 4 is 0 Å². The number of fused-ring (bicyclic) bond motifs is 1. The molecule has 0 radical (unpaired) electrons. The standard InChI is InChI=1S/C20H19FN2O/c1-11-9-14(20-22-13(3)24-23-20)10-12(2)19(11)17-7-8-18(21)16-6-4-5-15(16)17/h7-10H,4-6H2,1-3H3. The zero-order valence-corrected chi connectivity index (χ0v) is 14.1. The summed E-state index contributed by atoms with van der Waals surface area (Å²) in [6.45, 7) is 5.96. The van der Waals surface area contributed by atoms with Gasteiger partial charge in [0, 0.05) is 12.5 Å². The van der Waals surface area contributed by atoms with Crippen molar-refractivity contribution in [3.05, 3.63) is 58.2 Å². The van der Waals surface area contributed by atoms with Gasteiger partial charge in [-0.1, -0.05) is 11.2 Å². The van der Waals surface area contributed by atoms with Crippen molar-refractivity contribution < 1.29 is 8.91 Å². The van der Waals surface area contributed by atoms with Crippen LogP contribution in [-0.2, 0) is 12.8 Å². The van der Waals surface area contributed by atoms with Crippen LogP contribution in [0.3, 0.4) is 0 Å². The Bertz CT molecular complexity index is 920. The van der Waals surface area contributed by atoms with E-state index in [2.05, 4.69) is 36.1 Å². The third-order valence-electron chi connectivity index (χ3n) is 4.82. The van der Waals surface area contributed by atoms with Gasteiger partial charge in [0.1, 0.15) is 5.82 Å². The fraction of sp³-hybridized carbons (Fsp3) is 0.300. The summed E-state index contributed by atoms with van der Waals surface area (Å²) in [5.74, 6) is 1.09. The number of aromatic nitrogens is 2. The Morgan fingerprint density at radius 3 is 2.38 bits per heavy atom. The summed E-state index contributed by atoms with van der Waals surface area (Å²) in [5.41, 5.74) is 7.66. The van der Waals surface area contributed by atoms with Crippen molar-refractivity contribution in [2.75, 3.05) is 0 Å². The first-order chi connectivity index (χ1) is 11.5. The molecule has 1 aliphatic carbocycles. The van der Waals surface area contributed by atoms with Crippen LogP contribution in [0.1, 0.15) is 34.6 Å². The van der Waals surface area contributed by atoms with Gasteiger partial charge < -0.3 is 4.52 Å². The number of benzene rings is 2. The van der Waals surface area contributed by atoms with Crippen LogP contribution >= 0.6 is 0 Å². The molecular weight excluding hydrogens is 303 g/mol. The molecule has 0 spiro atoms. The topological polar surface area (TPSA) is 38.9 Å². The quantitative estimate of drug-likeness (QED) is 0.669. The van der Waals surface area contributed by atoms with E-state index in [1.165, 1.54) is 11.1 Å². The van der Waals surface area contributed by atoms with E-state index < -0.39 is 0 Å². The van der Waals surface area contributed by atoms with Gasteiger partial charge in [-0.05, 0) is 84.7 Å². The number of rotatable bonds is 2. The highest BCUT2D eigenvalue weighted by atomic mass is 19.1. The van der Waals surface area contributed by atoms with E-state index in [4.69, 9.17) is 4.52 Å². The number of halogens is 1. The van der Waals surface area contributed by atoms with Gasteiger partial charge in [0.15, 0.2) is 0 Å². The number of aryl methyl sites for hydroxylation is 3. The lowest BCUT2D eigenvalue weighted by Gasteiger charge is -2.16. The zero-order valence-electron chi connectivity index (χ0n) is 14.1. The fourth-order valence-electron chi connectivity index (χ4n) is 3.83. The summed E-state index contributed by atoms with van der Waals surface area (Å²) in [6.07, 6.45) is 2.82. The van der Waals surface area contributed by atoms with Gasteiger partial charge in [0.05, 0.1) is 0 Å². The van der Waals surface area contributed by atoms with Gasteiger partial charge in [-0.15, -0.1) is 0 Å². The van der Waals surface area contributed by atoms with Crippen molar-refractivity contribution in [3.8, 4) is 22.5 Å². The lowest BCUT2D eigenvalue weighted by Crippen LogP contribution is -1.97. The maximum Gasteiger partial charge on any atom is 0.223 e. The second-order valence-electron chi connectivity index (χ2n) is 6.53. The zero-order chi connectivity index (χ0) is 16.8. The average Bonchev–Trinajstić information content (AvgIpc) is 3.18. The third kappa shape index (κ3) is 2.33. The predicted molar refractivity (Wildman–Crippen MR) is 91.4 cm³/mol. The molecule has 0 saturated heterocycles. The first-order valence-electron chi connectivity index (χ1n) is 8.27. The second-order valence-corrected chi connectivity index (χ2v) is 6.53. The molecule has 122 valence electrons. The Labute approximate surface area is 140 Å². The van der Waals surface area contributed by atoms with Gasteiger partial charge in [0.2, 0.25) is 11.7 Å². The van der Waals surface area contributed by atoms with E-state index in [0.29, 0.717) is 11.7 Å². The van der Waals surface area contributed by atoms with Crippen molar-refractivity contribution in [1.29, 1.82) is 0 Å². The van der Waals surface area contributed by atoms with E-state index in [-0.39, 0.29) is 5.82 Å².